The van der Waals surface area contributed by atoms with Crippen LogP contribution in [0.4, 0.5) is 0 Å². The Morgan fingerprint density at radius 1 is 1.19 bits per heavy atom. The average molecular weight is 429 g/mol. The monoisotopic (exact) mass is 428 g/mol. The lowest BCUT2D eigenvalue weighted by atomic mass is 10.1. The lowest BCUT2D eigenvalue weighted by Crippen LogP contribution is -2.49. The van der Waals surface area contributed by atoms with Crippen molar-refractivity contribution in [3.63, 3.8) is 0 Å². The van der Waals surface area contributed by atoms with E-state index in [1.54, 1.807) is 10.7 Å². The lowest BCUT2D eigenvalue weighted by Gasteiger charge is -2.36. The van der Waals surface area contributed by atoms with Crippen molar-refractivity contribution in [3.8, 4) is 17.3 Å². The molecule has 0 radical (unpaired) electrons. The van der Waals surface area contributed by atoms with Gasteiger partial charge in [0.2, 0.25) is 5.91 Å². The number of rotatable bonds is 5. The maximum atomic E-state index is 13.0. The number of hydrogen-bond donors (Lipinski definition) is 0. The maximum Gasteiger partial charge on any atom is 0.244 e. The lowest BCUT2D eigenvalue weighted by molar-refractivity contribution is -0.133. The summed E-state index contributed by atoms with van der Waals surface area (Å²) >= 11 is 0. The first-order valence-corrected chi connectivity index (χ1v) is 11.1. The van der Waals surface area contributed by atoms with Crippen LogP contribution in [-0.2, 0) is 17.8 Å². The molecule has 2 aliphatic heterocycles. The van der Waals surface area contributed by atoms with E-state index in [1.165, 1.54) is 5.57 Å². The zero-order valence-electron chi connectivity index (χ0n) is 18.7. The second kappa shape index (κ2) is 9.65. The molecular formula is C25H28N6O. The smallest absolute Gasteiger partial charge is 0.244 e. The van der Waals surface area contributed by atoms with Crippen molar-refractivity contribution < 1.29 is 4.79 Å². The Bertz CT molecular complexity index is 1130. The van der Waals surface area contributed by atoms with Gasteiger partial charge >= 0.3 is 0 Å². The number of aliphatic imine (C=N–C) groups is 1. The van der Waals surface area contributed by atoms with Gasteiger partial charge in [-0.1, -0.05) is 25.1 Å². The van der Waals surface area contributed by atoms with E-state index in [2.05, 4.69) is 41.0 Å². The first-order valence-electron chi connectivity index (χ1n) is 11.1. The van der Waals surface area contributed by atoms with Crippen LogP contribution >= 0.6 is 0 Å². The van der Waals surface area contributed by atoms with E-state index in [0.717, 1.165) is 48.7 Å². The van der Waals surface area contributed by atoms with E-state index in [-0.39, 0.29) is 12.5 Å². The molecule has 164 valence electrons. The number of nitriles is 1. The van der Waals surface area contributed by atoms with Crippen LogP contribution in [0, 0.1) is 11.3 Å². The summed E-state index contributed by atoms with van der Waals surface area (Å²) in [5.41, 5.74) is 4.55. The predicted octanol–water partition coefficient (Wildman–Crippen LogP) is 3.39. The average Bonchev–Trinajstić information content (AvgIpc) is 3.11. The zero-order chi connectivity index (χ0) is 22.5. The summed E-state index contributed by atoms with van der Waals surface area (Å²) in [7, 11) is 0. The van der Waals surface area contributed by atoms with Gasteiger partial charge < -0.3 is 9.80 Å². The van der Waals surface area contributed by atoms with Crippen LogP contribution in [0.3, 0.4) is 0 Å². The number of hydrogen-bond acceptors (Lipinski definition) is 5. The van der Waals surface area contributed by atoms with Crippen molar-refractivity contribution in [1.82, 2.24) is 19.6 Å². The summed E-state index contributed by atoms with van der Waals surface area (Å²) in [5.74, 6) is 1.11. The van der Waals surface area contributed by atoms with E-state index in [0.29, 0.717) is 18.7 Å². The third-order valence-electron chi connectivity index (χ3n) is 5.95. The van der Waals surface area contributed by atoms with Gasteiger partial charge in [-0.2, -0.15) is 10.4 Å². The Morgan fingerprint density at radius 3 is 2.75 bits per heavy atom. The molecule has 7 nitrogen and oxygen atoms in total. The first-order chi connectivity index (χ1) is 15.6. The molecule has 0 bridgehead atoms. The molecule has 0 saturated carbocycles. The number of aromatic nitrogens is 2. The fourth-order valence-electron chi connectivity index (χ4n) is 4.13. The Hall–Kier alpha value is -3.66. The summed E-state index contributed by atoms with van der Waals surface area (Å²) in [6.45, 7) is 7.32. The highest BCUT2D eigenvalue weighted by atomic mass is 16.2. The standard InChI is InChI=1S/C25H28N6O/c1-3-22-16-23(21-9-6-8-20(15-21)17-26)28-31(22)18-24(32)29-11-13-30(14-12-29)25-19(2)7-4-5-10-27-25/h4-6,8-10,15-16H,3,7,11-14,18H2,1-2H3. The largest absolute Gasteiger partial charge is 0.353 e. The van der Waals surface area contributed by atoms with E-state index < -0.39 is 0 Å². The molecule has 32 heavy (non-hydrogen) atoms. The van der Waals surface area contributed by atoms with E-state index in [4.69, 9.17) is 5.26 Å². The number of benzene rings is 1. The molecule has 0 atom stereocenters. The quantitative estimate of drug-likeness (QED) is 0.731. The summed E-state index contributed by atoms with van der Waals surface area (Å²) in [4.78, 5) is 21.8. The van der Waals surface area contributed by atoms with Gasteiger partial charge in [0.15, 0.2) is 0 Å². The van der Waals surface area contributed by atoms with Gasteiger partial charge in [-0.25, -0.2) is 4.99 Å². The van der Waals surface area contributed by atoms with Crippen molar-refractivity contribution in [2.45, 2.75) is 33.2 Å². The third kappa shape index (κ3) is 4.65. The third-order valence-corrected chi connectivity index (χ3v) is 5.95. The molecule has 1 saturated heterocycles. The molecule has 0 spiro atoms. The van der Waals surface area contributed by atoms with Crippen LogP contribution in [0.1, 0.15) is 31.5 Å². The predicted molar refractivity (Wildman–Crippen MR) is 125 cm³/mol. The summed E-state index contributed by atoms with van der Waals surface area (Å²) in [6, 6.07) is 11.6. The van der Waals surface area contributed by atoms with Gasteiger partial charge in [-0.3, -0.25) is 9.48 Å². The molecule has 4 rings (SSSR count). The molecule has 3 heterocycles. The van der Waals surface area contributed by atoms with E-state index in [1.807, 2.05) is 41.5 Å². The molecule has 1 aromatic carbocycles. The normalized spacial score (nSPS) is 16.3. The highest BCUT2D eigenvalue weighted by Crippen LogP contribution is 2.22. The summed E-state index contributed by atoms with van der Waals surface area (Å²) < 4.78 is 1.80. The van der Waals surface area contributed by atoms with Crippen LogP contribution < -0.4 is 0 Å². The minimum absolute atomic E-state index is 0.0801. The fraction of sp³-hybridized carbons (Fsp3) is 0.360. The van der Waals surface area contributed by atoms with Crippen molar-refractivity contribution in [3.05, 3.63) is 65.1 Å². The molecule has 2 aliphatic rings. The van der Waals surface area contributed by atoms with Crippen LogP contribution in [0.5, 0.6) is 0 Å². The summed E-state index contributed by atoms with van der Waals surface area (Å²) in [5, 5.41) is 13.9. The number of aryl methyl sites for hydroxylation is 1. The van der Waals surface area contributed by atoms with Crippen LogP contribution in [0.2, 0.25) is 0 Å². The molecule has 0 unspecified atom stereocenters. The van der Waals surface area contributed by atoms with Crippen molar-refractivity contribution in [2.24, 2.45) is 4.99 Å². The SMILES string of the molecule is CCc1cc(-c2cccc(C#N)c2)nn1CC(=O)N1CCN(C2=C(C)CC=CC=N2)CC1. The topological polar surface area (TPSA) is 77.5 Å². The van der Waals surface area contributed by atoms with Gasteiger partial charge in [-0.05, 0) is 49.6 Å². The van der Waals surface area contributed by atoms with Gasteiger partial charge in [0, 0.05) is 43.7 Å². The Morgan fingerprint density at radius 2 is 2.00 bits per heavy atom. The minimum atomic E-state index is 0.0801. The molecule has 1 aromatic heterocycles. The molecule has 2 aromatic rings. The van der Waals surface area contributed by atoms with Crippen molar-refractivity contribution in [1.29, 1.82) is 5.26 Å². The minimum Gasteiger partial charge on any atom is -0.353 e. The van der Waals surface area contributed by atoms with Crippen molar-refractivity contribution >= 4 is 12.1 Å². The molecule has 1 fully saturated rings. The molecule has 0 N–H and O–H groups in total. The number of nitrogens with zero attached hydrogens (tertiary/aromatic N) is 6. The molecule has 7 heteroatoms. The van der Waals surface area contributed by atoms with Gasteiger partial charge in [0.25, 0.3) is 0 Å². The highest BCUT2D eigenvalue weighted by molar-refractivity contribution is 5.76. The van der Waals surface area contributed by atoms with Gasteiger partial charge in [0.05, 0.1) is 17.3 Å². The van der Waals surface area contributed by atoms with Crippen molar-refractivity contribution in [2.75, 3.05) is 26.2 Å². The number of carbonyl (C=O) groups is 1. The first kappa shape index (κ1) is 21.6. The fourth-order valence-corrected chi connectivity index (χ4v) is 4.13. The number of carbonyl (C=O) groups excluding carboxylic acids is 1. The van der Waals surface area contributed by atoms with Crippen LogP contribution in [-0.4, -0.2) is 57.9 Å². The maximum absolute atomic E-state index is 13.0. The molecule has 0 aliphatic carbocycles. The number of allylic oxidation sites excluding steroid dienone is 3. The molecule has 1 amide bonds. The van der Waals surface area contributed by atoms with Crippen LogP contribution in [0.25, 0.3) is 11.3 Å². The highest BCUT2D eigenvalue weighted by Gasteiger charge is 2.24. The van der Waals surface area contributed by atoms with Gasteiger partial charge in [0.1, 0.15) is 12.4 Å². The second-order valence-electron chi connectivity index (χ2n) is 8.11. The zero-order valence-corrected chi connectivity index (χ0v) is 18.7. The Balaban J connectivity index is 1.42. The number of piperazine rings is 1. The number of amides is 1. The van der Waals surface area contributed by atoms with Gasteiger partial charge in [-0.15, -0.1) is 0 Å². The van der Waals surface area contributed by atoms with E-state index in [9.17, 15) is 4.79 Å². The van der Waals surface area contributed by atoms with E-state index >= 15 is 0 Å². The Labute approximate surface area is 189 Å². The molecular weight excluding hydrogens is 400 g/mol. The Kier molecular flexibility index (Phi) is 6.50. The second-order valence-corrected chi connectivity index (χ2v) is 8.11. The summed E-state index contributed by atoms with van der Waals surface area (Å²) in [6.07, 6.45) is 7.64. The van der Waals surface area contributed by atoms with Crippen LogP contribution in [0.15, 0.2) is 58.9 Å².